The van der Waals surface area contributed by atoms with Crippen LogP contribution in [0.5, 0.6) is 0 Å². The molecule has 0 bridgehead atoms. The maximum atomic E-state index is 6.20. The van der Waals surface area contributed by atoms with Gasteiger partial charge in [-0.25, -0.2) is 4.68 Å². The average Bonchev–Trinajstić information content (AvgIpc) is 3.37. The highest BCUT2D eigenvalue weighted by Gasteiger charge is 2.12. The Morgan fingerprint density at radius 2 is 1.79 bits per heavy atom. The zero-order valence-corrected chi connectivity index (χ0v) is 17.0. The standard InChI is InChI=1S/C21H16Cl2N4S/c22-18-8-4-9-19(23)17(18)13-25-24-12-15-14-27(16-6-2-1-3-7-16)26-21(15)20-10-5-11-28-20/h1-12,14,25H,13H2/b24-12+. The van der Waals surface area contributed by atoms with Crippen LogP contribution < -0.4 is 5.43 Å². The first kappa shape index (κ1) is 18.7. The van der Waals surface area contributed by atoms with E-state index in [9.17, 15) is 0 Å². The molecule has 4 aromatic rings. The van der Waals surface area contributed by atoms with E-state index in [1.54, 1.807) is 17.6 Å². The molecule has 140 valence electrons. The number of nitrogens with zero attached hydrogens (tertiary/aromatic N) is 3. The van der Waals surface area contributed by atoms with Crippen molar-refractivity contribution in [3.8, 4) is 16.3 Å². The highest BCUT2D eigenvalue weighted by Crippen LogP contribution is 2.27. The van der Waals surface area contributed by atoms with Gasteiger partial charge in [0.2, 0.25) is 0 Å². The summed E-state index contributed by atoms with van der Waals surface area (Å²) in [7, 11) is 0. The van der Waals surface area contributed by atoms with Crippen molar-refractivity contribution in [1.29, 1.82) is 0 Å². The zero-order chi connectivity index (χ0) is 19.3. The number of hydrazone groups is 1. The quantitative estimate of drug-likeness (QED) is 0.302. The Bertz CT molecular complexity index is 1070. The molecule has 2 aromatic heterocycles. The van der Waals surface area contributed by atoms with Crippen LogP contribution in [0.4, 0.5) is 0 Å². The molecule has 0 fully saturated rings. The number of benzene rings is 2. The predicted molar refractivity (Wildman–Crippen MR) is 118 cm³/mol. The first-order valence-electron chi connectivity index (χ1n) is 8.60. The van der Waals surface area contributed by atoms with Crippen molar-refractivity contribution < 1.29 is 0 Å². The van der Waals surface area contributed by atoms with Gasteiger partial charge in [-0.3, -0.25) is 0 Å². The second-order valence-electron chi connectivity index (χ2n) is 5.98. The van der Waals surface area contributed by atoms with E-state index in [0.717, 1.165) is 27.4 Å². The number of rotatable bonds is 6. The van der Waals surface area contributed by atoms with Crippen LogP contribution in [-0.2, 0) is 6.54 Å². The van der Waals surface area contributed by atoms with Gasteiger partial charge in [0.15, 0.2) is 0 Å². The summed E-state index contributed by atoms with van der Waals surface area (Å²) >= 11 is 14.0. The van der Waals surface area contributed by atoms with Gasteiger partial charge in [-0.15, -0.1) is 11.3 Å². The summed E-state index contributed by atoms with van der Waals surface area (Å²) in [6.07, 6.45) is 3.74. The minimum Gasteiger partial charge on any atom is -0.306 e. The number of hydrogen-bond donors (Lipinski definition) is 1. The van der Waals surface area contributed by atoms with Crippen LogP contribution in [0.15, 0.2) is 77.3 Å². The SMILES string of the molecule is Clc1cccc(Cl)c1CN/N=C/c1cn(-c2ccccc2)nc1-c1cccs1. The maximum Gasteiger partial charge on any atom is 0.112 e. The number of para-hydroxylation sites is 1. The summed E-state index contributed by atoms with van der Waals surface area (Å²) in [6.45, 7) is 0.441. The van der Waals surface area contributed by atoms with Gasteiger partial charge in [-0.2, -0.15) is 10.2 Å². The lowest BCUT2D eigenvalue weighted by molar-refractivity contribution is 0.748. The van der Waals surface area contributed by atoms with Crippen LogP contribution in [0.1, 0.15) is 11.1 Å². The molecule has 4 nitrogen and oxygen atoms in total. The number of thiophene rings is 1. The molecule has 0 saturated carbocycles. The summed E-state index contributed by atoms with van der Waals surface area (Å²) < 4.78 is 1.86. The molecule has 0 saturated heterocycles. The van der Waals surface area contributed by atoms with Crippen LogP contribution in [-0.4, -0.2) is 16.0 Å². The molecule has 28 heavy (non-hydrogen) atoms. The fourth-order valence-electron chi connectivity index (χ4n) is 2.74. The lowest BCUT2D eigenvalue weighted by Crippen LogP contribution is -2.06. The van der Waals surface area contributed by atoms with Gasteiger partial charge in [-0.05, 0) is 35.7 Å². The molecular formula is C21H16Cl2N4S. The minimum absolute atomic E-state index is 0.441. The van der Waals surface area contributed by atoms with Crippen molar-refractivity contribution in [2.75, 3.05) is 0 Å². The van der Waals surface area contributed by atoms with E-state index in [-0.39, 0.29) is 0 Å². The average molecular weight is 427 g/mol. The second-order valence-corrected chi connectivity index (χ2v) is 7.75. The molecule has 0 aliphatic rings. The van der Waals surface area contributed by atoms with Crippen molar-refractivity contribution in [2.24, 2.45) is 5.10 Å². The van der Waals surface area contributed by atoms with Gasteiger partial charge in [0.1, 0.15) is 5.69 Å². The van der Waals surface area contributed by atoms with Gasteiger partial charge >= 0.3 is 0 Å². The number of hydrogen-bond acceptors (Lipinski definition) is 4. The van der Waals surface area contributed by atoms with Crippen LogP contribution in [0, 0.1) is 0 Å². The van der Waals surface area contributed by atoms with E-state index in [1.165, 1.54) is 0 Å². The number of halogens is 2. The Hall–Kier alpha value is -2.60. The van der Waals surface area contributed by atoms with Crippen LogP contribution in [0.3, 0.4) is 0 Å². The third-order valence-electron chi connectivity index (χ3n) is 4.13. The highest BCUT2D eigenvalue weighted by atomic mass is 35.5. The molecule has 2 aromatic carbocycles. The molecule has 1 N–H and O–H groups in total. The topological polar surface area (TPSA) is 42.2 Å². The zero-order valence-electron chi connectivity index (χ0n) is 14.7. The van der Waals surface area contributed by atoms with E-state index in [2.05, 4.69) is 16.6 Å². The van der Waals surface area contributed by atoms with Crippen LogP contribution in [0.25, 0.3) is 16.3 Å². The fraction of sp³-hybridized carbons (Fsp3) is 0.0476. The van der Waals surface area contributed by atoms with E-state index in [0.29, 0.717) is 16.6 Å². The Kier molecular flexibility index (Phi) is 5.76. The van der Waals surface area contributed by atoms with Crippen molar-refractivity contribution in [1.82, 2.24) is 15.2 Å². The molecule has 0 radical (unpaired) electrons. The molecular weight excluding hydrogens is 411 g/mol. The van der Waals surface area contributed by atoms with E-state index in [1.807, 2.05) is 70.9 Å². The summed E-state index contributed by atoms with van der Waals surface area (Å²) in [5, 5.41) is 12.4. The van der Waals surface area contributed by atoms with Crippen molar-refractivity contribution in [3.05, 3.63) is 93.4 Å². The minimum atomic E-state index is 0.441. The summed E-state index contributed by atoms with van der Waals surface area (Å²) in [4.78, 5) is 1.09. The Labute approximate surface area is 177 Å². The molecule has 2 heterocycles. The normalized spacial score (nSPS) is 11.2. The third kappa shape index (κ3) is 4.12. The van der Waals surface area contributed by atoms with Crippen molar-refractivity contribution in [2.45, 2.75) is 6.54 Å². The molecule has 0 amide bonds. The lowest BCUT2D eigenvalue weighted by atomic mass is 10.2. The van der Waals surface area contributed by atoms with Gasteiger partial charge < -0.3 is 5.43 Å². The van der Waals surface area contributed by atoms with E-state index in [4.69, 9.17) is 28.3 Å². The predicted octanol–water partition coefficient (Wildman–Crippen LogP) is 6.03. The molecule has 0 atom stereocenters. The van der Waals surface area contributed by atoms with E-state index >= 15 is 0 Å². The summed E-state index contributed by atoms with van der Waals surface area (Å²) in [5.74, 6) is 0. The molecule has 0 unspecified atom stereocenters. The molecule has 7 heteroatoms. The first-order chi connectivity index (χ1) is 13.7. The Morgan fingerprint density at radius 1 is 1.00 bits per heavy atom. The second kappa shape index (κ2) is 8.61. The molecule has 0 aliphatic heterocycles. The van der Waals surface area contributed by atoms with Gasteiger partial charge in [-0.1, -0.05) is 53.5 Å². The fourth-order valence-corrected chi connectivity index (χ4v) is 4.00. The van der Waals surface area contributed by atoms with Gasteiger partial charge in [0.25, 0.3) is 0 Å². The molecule has 4 rings (SSSR count). The largest absolute Gasteiger partial charge is 0.306 e. The van der Waals surface area contributed by atoms with Crippen LogP contribution in [0.2, 0.25) is 10.0 Å². The van der Waals surface area contributed by atoms with E-state index < -0.39 is 0 Å². The Morgan fingerprint density at radius 3 is 2.50 bits per heavy atom. The highest BCUT2D eigenvalue weighted by molar-refractivity contribution is 7.13. The summed E-state index contributed by atoms with van der Waals surface area (Å²) in [6, 6.07) is 19.5. The smallest absolute Gasteiger partial charge is 0.112 e. The van der Waals surface area contributed by atoms with Gasteiger partial charge in [0.05, 0.1) is 23.3 Å². The molecule has 0 aliphatic carbocycles. The number of aromatic nitrogens is 2. The summed E-state index contributed by atoms with van der Waals surface area (Å²) in [5.41, 5.74) is 6.65. The maximum absolute atomic E-state index is 6.20. The Balaban J connectivity index is 1.58. The van der Waals surface area contributed by atoms with Crippen LogP contribution >= 0.6 is 34.5 Å². The number of nitrogens with one attached hydrogen (secondary N) is 1. The van der Waals surface area contributed by atoms with Crippen molar-refractivity contribution in [3.63, 3.8) is 0 Å². The van der Waals surface area contributed by atoms with Crippen molar-refractivity contribution >= 4 is 40.8 Å². The monoisotopic (exact) mass is 426 g/mol. The lowest BCUT2D eigenvalue weighted by Gasteiger charge is -2.05. The first-order valence-corrected chi connectivity index (χ1v) is 10.2. The molecule has 0 spiro atoms. The van der Waals surface area contributed by atoms with Gasteiger partial charge in [0, 0.05) is 27.4 Å². The third-order valence-corrected chi connectivity index (χ3v) is 5.72.